The van der Waals surface area contributed by atoms with E-state index in [9.17, 15) is 9.90 Å². The van der Waals surface area contributed by atoms with Gasteiger partial charge in [0, 0.05) is 18.2 Å². The molecule has 1 N–H and O–H groups in total. The molecule has 0 bridgehead atoms. The Morgan fingerprint density at radius 2 is 2.00 bits per heavy atom. The zero-order chi connectivity index (χ0) is 12.5. The highest BCUT2D eigenvalue weighted by molar-refractivity contribution is 5.99. The Bertz CT molecular complexity index is 430. The second-order valence-electron chi connectivity index (χ2n) is 4.68. The van der Waals surface area contributed by atoms with E-state index in [-0.39, 0.29) is 5.91 Å². The maximum absolute atomic E-state index is 12.0. The second kappa shape index (κ2) is 4.49. The van der Waals surface area contributed by atoms with Crippen LogP contribution in [-0.4, -0.2) is 23.0 Å². The van der Waals surface area contributed by atoms with Gasteiger partial charge in [-0.15, -0.1) is 0 Å². The van der Waals surface area contributed by atoms with E-state index in [4.69, 9.17) is 0 Å². The zero-order valence-electron chi connectivity index (χ0n) is 10.4. The Morgan fingerprint density at radius 1 is 1.29 bits per heavy atom. The van der Waals surface area contributed by atoms with Crippen LogP contribution in [0.1, 0.15) is 48.5 Å². The number of unbranched alkanes of at least 4 members (excludes halogenated alkanes) is 2. The lowest BCUT2D eigenvalue weighted by Gasteiger charge is -2.31. The van der Waals surface area contributed by atoms with Gasteiger partial charge in [-0.25, -0.2) is 0 Å². The number of amides is 1. The number of carbonyl (C=O) groups excluding carboxylic acids is 1. The molecule has 1 unspecified atom stereocenters. The average Bonchev–Trinajstić information content (AvgIpc) is 2.54. The maximum Gasteiger partial charge on any atom is 0.256 e. The highest BCUT2D eigenvalue weighted by Gasteiger charge is 2.45. The summed E-state index contributed by atoms with van der Waals surface area (Å²) in [6, 6.07) is 7.34. The molecule has 0 spiro atoms. The van der Waals surface area contributed by atoms with Gasteiger partial charge in [-0.1, -0.05) is 38.0 Å². The van der Waals surface area contributed by atoms with Gasteiger partial charge in [0.05, 0.1) is 0 Å². The molecule has 3 heteroatoms. The minimum Gasteiger partial charge on any atom is -0.367 e. The fourth-order valence-corrected chi connectivity index (χ4v) is 2.47. The predicted octanol–water partition coefficient (Wildman–Crippen LogP) is 2.50. The van der Waals surface area contributed by atoms with Gasteiger partial charge in [0.25, 0.3) is 5.91 Å². The van der Waals surface area contributed by atoms with E-state index in [1.54, 1.807) is 13.1 Å². The predicted molar refractivity (Wildman–Crippen MR) is 66.6 cm³/mol. The van der Waals surface area contributed by atoms with Crippen molar-refractivity contribution in [1.29, 1.82) is 0 Å². The topological polar surface area (TPSA) is 40.5 Å². The zero-order valence-corrected chi connectivity index (χ0v) is 10.4. The number of hydrogen-bond donors (Lipinski definition) is 1. The smallest absolute Gasteiger partial charge is 0.256 e. The minimum atomic E-state index is -1.11. The van der Waals surface area contributed by atoms with Crippen molar-refractivity contribution in [3.05, 3.63) is 35.4 Å². The summed E-state index contributed by atoms with van der Waals surface area (Å²) < 4.78 is 0. The molecule has 1 aromatic rings. The third kappa shape index (κ3) is 1.84. The number of carbonyl (C=O) groups is 1. The Labute approximate surface area is 102 Å². The van der Waals surface area contributed by atoms with Crippen LogP contribution in [-0.2, 0) is 5.72 Å². The lowest BCUT2D eigenvalue weighted by molar-refractivity contribution is -0.0799. The Hall–Kier alpha value is -1.35. The molecular formula is C14H19NO2. The van der Waals surface area contributed by atoms with Gasteiger partial charge in [-0.2, -0.15) is 0 Å². The first-order valence-electron chi connectivity index (χ1n) is 6.21. The molecule has 1 aromatic carbocycles. The largest absolute Gasteiger partial charge is 0.367 e. The SMILES string of the molecule is CCCCCC1(O)c2ccccc2C(=O)N1C. The monoisotopic (exact) mass is 233 g/mol. The molecule has 1 aliphatic rings. The average molecular weight is 233 g/mol. The molecule has 0 fully saturated rings. The Balaban J connectivity index is 2.31. The van der Waals surface area contributed by atoms with Crippen molar-refractivity contribution >= 4 is 5.91 Å². The van der Waals surface area contributed by atoms with Gasteiger partial charge in [-0.3, -0.25) is 4.79 Å². The quantitative estimate of drug-likeness (QED) is 0.812. The molecule has 0 saturated heterocycles. The van der Waals surface area contributed by atoms with Crippen LogP contribution in [0, 0.1) is 0 Å². The third-order valence-electron chi connectivity index (χ3n) is 3.58. The number of fused-ring (bicyclic) bond motifs is 1. The maximum atomic E-state index is 12.0. The fourth-order valence-electron chi connectivity index (χ4n) is 2.47. The summed E-state index contributed by atoms with van der Waals surface area (Å²) in [5.74, 6) is -0.0837. The lowest BCUT2D eigenvalue weighted by atomic mass is 9.96. The number of hydrogen-bond acceptors (Lipinski definition) is 2. The summed E-state index contributed by atoms with van der Waals surface area (Å²) in [6.07, 6.45) is 3.72. The van der Waals surface area contributed by atoms with E-state index in [0.29, 0.717) is 12.0 Å². The van der Waals surface area contributed by atoms with Crippen molar-refractivity contribution in [3.63, 3.8) is 0 Å². The molecule has 0 aliphatic carbocycles. The van der Waals surface area contributed by atoms with Crippen LogP contribution >= 0.6 is 0 Å². The van der Waals surface area contributed by atoms with Crippen molar-refractivity contribution < 1.29 is 9.90 Å². The van der Waals surface area contributed by atoms with E-state index >= 15 is 0 Å². The van der Waals surface area contributed by atoms with Crippen molar-refractivity contribution in [2.45, 2.75) is 38.3 Å². The molecule has 1 heterocycles. The molecule has 1 atom stereocenters. The number of benzene rings is 1. The summed E-state index contributed by atoms with van der Waals surface area (Å²) in [5.41, 5.74) is 0.278. The first-order chi connectivity index (χ1) is 8.11. The van der Waals surface area contributed by atoms with Crippen molar-refractivity contribution in [3.8, 4) is 0 Å². The molecule has 0 saturated carbocycles. The second-order valence-corrected chi connectivity index (χ2v) is 4.68. The summed E-state index contributed by atoms with van der Waals surface area (Å²) in [7, 11) is 1.67. The molecule has 0 aromatic heterocycles. The standard InChI is InChI=1S/C14H19NO2/c1-3-4-7-10-14(17)12-9-6-5-8-11(12)13(16)15(14)2/h5-6,8-9,17H,3-4,7,10H2,1-2H3. The Morgan fingerprint density at radius 3 is 2.71 bits per heavy atom. The van der Waals surface area contributed by atoms with Crippen LogP contribution < -0.4 is 0 Å². The molecule has 3 nitrogen and oxygen atoms in total. The number of nitrogens with zero attached hydrogens (tertiary/aromatic N) is 1. The molecule has 1 amide bonds. The first kappa shape index (κ1) is 12.1. The van der Waals surface area contributed by atoms with Crippen molar-refractivity contribution in [2.24, 2.45) is 0 Å². The molecule has 2 rings (SSSR count). The van der Waals surface area contributed by atoms with Crippen LogP contribution in [0.5, 0.6) is 0 Å². The first-order valence-corrected chi connectivity index (χ1v) is 6.21. The molecule has 0 radical (unpaired) electrons. The van der Waals surface area contributed by atoms with E-state index < -0.39 is 5.72 Å². The number of rotatable bonds is 4. The van der Waals surface area contributed by atoms with Crippen LogP contribution in [0.3, 0.4) is 0 Å². The van der Waals surface area contributed by atoms with E-state index in [2.05, 4.69) is 6.92 Å². The van der Waals surface area contributed by atoms with Gasteiger partial charge in [0.2, 0.25) is 0 Å². The van der Waals surface area contributed by atoms with Crippen molar-refractivity contribution in [2.75, 3.05) is 7.05 Å². The van der Waals surface area contributed by atoms with Gasteiger partial charge in [0.15, 0.2) is 5.72 Å². The van der Waals surface area contributed by atoms with Crippen LogP contribution in [0.15, 0.2) is 24.3 Å². The summed E-state index contributed by atoms with van der Waals surface area (Å²) in [6.45, 7) is 2.13. The highest BCUT2D eigenvalue weighted by Crippen LogP contribution is 2.39. The highest BCUT2D eigenvalue weighted by atomic mass is 16.3. The van der Waals surface area contributed by atoms with Crippen LogP contribution in [0.2, 0.25) is 0 Å². The van der Waals surface area contributed by atoms with Crippen molar-refractivity contribution in [1.82, 2.24) is 4.90 Å². The minimum absolute atomic E-state index is 0.0837. The lowest BCUT2D eigenvalue weighted by Crippen LogP contribution is -2.40. The summed E-state index contributed by atoms with van der Waals surface area (Å²) in [5, 5.41) is 10.7. The van der Waals surface area contributed by atoms with Gasteiger partial charge >= 0.3 is 0 Å². The summed E-state index contributed by atoms with van der Waals surface area (Å²) in [4.78, 5) is 13.5. The molecule has 1 aliphatic heterocycles. The van der Waals surface area contributed by atoms with Gasteiger partial charge in [0.1, 0.15) is 0 Å². The van der Waals surface area contributed by atoms with Gasteiger partial charge in [-0.05, 0) is 18.9 Å². The number of aliphatic hydroxyl groups is 1. The third-order valence-corrected chi connectivity index (χ3v) is 3.58. The van der Waals surface area contributed by atoms with E-state index in [1.807, 2.05) is 18.2 Å². The molecular weight excluding hydrogens is 214 g/mol. The molecule has 92 valence electrons. The normalized spacial score (nSPS) is 23.0. The summed E-state index contributed by atoms with van der Waals surface area (Å²) >= 11 is 0. The van der Waals surface area contributed by atoms with Crippen LogP contribution in [0.4, 0.5) is 0 Å². The van der Waals surface area contributed by atoms with Gasteiger partial charge < -0.3 is 10.0 Å². The fraction of sp³-hybridized carbons (Fsp3) is 0.500. The molecule has 17 heavy (non-hydrogen) atoms. The van der Waals surface area contributed by atoms with Crippen LogP contribution in [0.25, 0.3) is 0 Å². The Kier molecular flexibility index (Phi) is 3.20. The van der Waals surface area contributed by atoms with E-state index in [0.717, 1.165) is 24.8 Å². The van der Waals surface area contributed by atoms with E-state index in [1.165, 1.54) is 4.90 Å².